The average molecular weight is 205 g/mol. The highest BCUT2D eigenvalue weighted by Gasteiger charge is 1.92. The number of halogens is 3. The summed E-state index contributed by atoms with van der Waals surface area (Å²) in [4.78, 5) is 0. The van der Waals surface area contributed by atoms with Crippen LogP contribution >= 0.6 is 23.2 Å². The minimum absolute atomic E-state index is 0.255. The number of alkyl halides is 1. The van der Waals surface area contributed by atoms with Crippen molar-refractivity contribution in [2.45, 2.75) is 0 Å². The molecule has 0 fully saturated rings. The SMILES string of the molecule is Fc1ccc(/C=C(/Cl)CCl)cc1. The molecule has 0 N–H and O–H groups in total. The largest absolute Gasteiger partial charge is 0.207 e. The van der Waals surface area contributed by atoms with Crippen molar-refractivity contribution in [1.29, 1.82) is 0 Å². The van der Waals surface area contributed by atoms with Crippen molar-refractivity contribution in [2.24, 2.45) is 0 Å². The fourth-order valence-electron chi connectivity index (χ4n) is 0.778. The van der Waals surface area contributed by atoms with Gasteiger partial charge in [0.2, 0.25) is 0 Å². The molecular weight excluding hydrogens is 198 g/mol. The van der Waals surface area contributed by atoms with Crippen LogP contribution in [0.4, 0.5) is 4.39 Å². The van der Waals surface area contributed by atoms with Gasteiger partial charge in [0.1, 0.15) is 5.82 Å². The average Bonchev–Trinajstić information content (AvgIpc) is 2.09. The molecule has 0 amide bonds. The van der Waals surface area contributed by atoms with Gasteiger partial charge in [-0.2, -0.15) is 0 Å². The topological polar surface area (TPSA) is 0 Å². The summed E-state index contributed by atoms with van der Waals surface area (Å²) in [6, 6.07) is 6.04. The van der Waals surface area contributed by atoms with E-state index >= 15 is 0 Å². The Hall–Kier alpha value is -0.530. The van der Waals surface area contributed by atoms with Crippen molar-refractivity contribution in [3.63, 3.8) is 0 Å². The molecule has 0 saturated heterocycles. The second kappa shape index (κ2) is 4.48. The van der Waals surface area contributed by atoms with Gasteiger partial charge in [-0.25, -0.2) is 4.39 Å². The summed E-state index contributed by atoms with van der Waals surface area (Å²) < 4.78 is 12.4. The van der Waals surface area contributed by atoms with Gasteiger partial charge < -0.3 is 0 Å². The second-order valence-electron chi connectivity index (χ2n) is 2.28. The maximum atomic E-state index is 12.4. The van der Waals surface area contributed by atoms with Gasteiger partial charge in [0.15, 0.2) is 0 Å². The molecule has 0 radical (unpaired) electrons. The maximum Gasteiger partial charge on any atom is 0.123 e. The highest BCUT2D eigenvalue weighted by Crippen LogP contribution is 2.11. The summed E-state index contributed by atoms with van der Waals surface area (Å²) in [6.45, 7) is 0. The molecule has 0 saturated carbocycles. The fraction of sp³-hybridized carbons (Fsp3) is 0.111. The van der Waals surface area contributed by atoms with Gasteiger partial charge >= 0.3 is 0 Å². The van der Waals surface area contributed by atoms with E-state index in [1.54, 1.807) is 18.2 Å². The lowest BCUT2D eigenvalue weighted by atomic mass is 10.2. The van der Waals surface area contributed by atoms with Crippen LogP contribution in [-0.2, 0) is 0 Å². The zero-order chi connectivity index (χ0) is 8.97. The highest BCUT2D eigenvalue weighted by molar-refractivity contribution is 6.37. The van der Waals surface area contributed by atoms with Crippen LogP contribution in [0.25, 0.3) is 6.08 Å². The Kier molecular flexibility index (Phi) is 3.57. The number of rotatable bonds is 2. The van der Waals surface area contributed by atoms with E-state index in [1.165, 1.54) is 12.1 Å². The van der Waals surface area contributed by atoms with Crippen LogP contribution in [-0.4, -0.2) is 5.88 Å². The van der Waals surface area contributed by atoms with Crippen LogP contribution in [0.2, 0.25) is 0 Å². The van der Waals surface area contributed by atoms with E-state index in [4.69, 9.17) is 23.2 Å². The molecule has 0 atom stereocenters. The summed E-state index contributed by atoms with van der Waals surface area (Å²) in [7, 11) is 0. The normalized spacial score (nSPS) is 11.8. The lowest BCUT2D eigenvalue weighted by Gasteiger charge is -1.93. The summed E-state index contributed by atoms with van der Waals surface area (Å²) in [6.07, 6.45) is 1.70. The van der Waals surface area contributed by atoms with E-state index in [2.05, 4.69) is 0 Å². The molecule has 12 heavy (non-hydrogen) atoms. The Morgan fingerprint density at radius 3 is 2.42 bits per heavy atom. The molecule has 0 nitrogen and oxygen atoms in total. The van der Waals surface area contributed by atoms with E-state index in [1.807, 2.05) is 0 Å². The van der Waals surface area contributed by atoms with Gasteiger partial charge in [-0.3, -0.25) is 0 Å². The van der Waals surface area contributed by atoms with Crippen LogP contribution in [0.1, 0.15) is 5.56 Å². The van der Waals surface area contributed by atoms with Crippen molar-refractivity contribution >= 4 is 29.3 Å². The van der Waals surface area contributed by atoms with Crippen LogP contribution in [0, 0.1) is 5.82 Å². The first-order valence-electron chi connectivity index (χ1n) is 3.40. The van der Waals surface area contributed by atoms with E-state index in [-0.39, 0.29) is 11.7 Å². The number of allylic oxidation sites excluding steroid dienone is 1. The lowest BCUT2D eigenvalue weighted by Crippen LogP contribution is -1.77. The van der Waals surface area contributed by atoms with Crippen molar-refractivity contribution in [2.75, 3.05) is 5.88 Å². The Morgan fingerprint density at radius 1 is 1.33 bits per heavy atom. The molecule has 0 aliphatic rings. The third-order valence-corrected chi connectivity index (χ3v) is 1.99. The monoisotopic (exact) mass is 204 g/mol. The quantitative estimate of drug-likeness (QED) is 0.646. The predicted octanol–water partition coefficient (Wildman–Crippen LogP) is 3.64. The Morgan fingerprint density at radius 2 is 1.92 bits per heavy atom. The Balaban J connectivity index is 2.84. The summed E-state index contributed by atoms with van der Waals surface area (Å²) in [5.74, 6) is 0.0213. The molecule has 1 rings (SSSR count). The van der Waals surface area contributed by atoms with Crippen LogP contribution in [0.15, 0.2) is 29.3 Å². The minimum Gasteiger partial charge on any atom is -0.207 e. The smallest absolute Gasteiger partial charge is 0.123 e. The first-order valence-corrected chi connectivity index (χ1v) is 4.31. The molecule has 0 bridgehead atoms. The van der Waals surface area contributed by atoms with E-state index in [0.29, 0.717) is 5.03 Å². The molecule has 0 aromatic heterocycles. The zero-order valence-corrected chi connectivity index (χ0v) is 7.74. The first-order chi connectivity index (χ1) is 5.72. The van der Waals surface area contributed by atoms with Crippen molar-refractivity contribution in [3.05, 3.63) is 40.7 Å². The molecule has 3 heteroatoms. The zero-order valence-electron chi connectivity index (χ0n) is 6.23. The van der Waals surface area contributed by atoms with E-state index < -0.39 is 0 Å². The van der Waals surface area contributed by atoms with Crippen molar-refractivity contribution in [1.82, 2.24) is 0 Å². The van der Waals surface area contributed by atoms with Gasteiger partial charge in [0, 0.05) is 5.03 Å². The van der Waals surface area contributed by atoms with E-state index in [0.717, 1.165) is 5.56 Å². The first kappa shape index (κ1) is 9.56. The molecule has 1 aromatic rings. The molecule has 0 heterocycles. The highest BCUT2D eigenvalue weighted by atomic mass is 35.5. The number of hydrogen-bond acceptors (Lipinski definition) is 0. The van der Waals surface area contributed by atoms with Crippen LogP contribution < -0.4 is 0 Å². The van der Waals surface area contributed by atoms with Crippen molar-refractivity contribution in [3.8, 4) is 0 Å². The van der Waals surface area contributed by atoms with Gasteiger partial charge in [0.05, 0.1) is 5.88 Å². The summed E-state index contributed by atoms with van der Waals surface area (Å²) in [5, 5.41) is 0.545. The molecule has 0 aliphatic carbocycles. The van der Waals surface area contributed by atoms with Gasteiger partial charge in [-0.15, -0.1) is 11.6 Å². The molecular formula is C9H7Cl2F. The summed E-state index contributed by atoms with van der Waals surface area (Å²) >= 11 is 11.1. The predicted molar refractivity (Wildman–Crippen MR) is 51.0 cm³/mol. The minimum atomic E-state index is -0.255. The van der Waals surface area contributed by atoms with Crippen molar-refractivity contribution < 1.29 is 4.39 Å². The standard InChI is InChI=1S/C9H7Cl2F/c10-6-8(11)5-7-1-3-9(12)4-2-7/h1-5H,6H2/b8-5+. The second-order valence-corrected chi connectivity index (χ2v) is 3.03. The number of benzene rings is 1. The summed E-state index contributed by atoms with van der Waals surface area (Å²) in [5.41, 5.74) is 0.849. The van der Waals surface area contributed by atoms with Gasteiger partial charge in [-0.05, 0) is 23.8 Å². The Labute approximate surface area is 80.6 Å². The van der Waals surface area contributed by atoms with E-state index in [9.17, 15) is 4.39 Å². The lowest BCUT2D eigenvalue weighted by molar-refractivity contribution is 0.628. The third kappa shape index (κ3) is 2.84. The number of hydrogen-bond donors (Lipinski definition) is 0. The van der Waals surface area contributed by atoms with Gasteiger partial charge in [-0.1, -0.05) is 23.7 Å². The molecule has 0 aliphatic heterocycles. The molecule has 0 spiro atoms. The third-order valence-electron chi connectivity index (χ3n) is 1.32. The molecule has 1 aromatic carbocycles. The molecule has 64 valence electrons. The Bertz CT molecular complexity index is 277. The van der Waals surface area contributed by atoms with Crippen LogP contribution in [0.5, 0.6) is 0 Å². The fourth-order valence-corrected chi connectivity index (χ4v) is 0.982. The molecule has 0 unspecified atom stereocenters. The maximum absolute atomic E-state index is 12.4. The van der Waals surface area contributed by atoms with Crippen LogP contribution in [0.3, 0.4) is 0 Å². The van der Waals surface area contributed by atoms with Gasteiger partial charge in [0.25, 0.3) is 0 Å².